The van der Waals surface area contributed by atoms with Crippen LogP contribution < -0.4 is 0 Å². The Balaban J connectivity index is 2.08. The number of carbonyl (C=O) groups is 1. The third kappa shape index (κ3) is 1.75. The lowest BCUT2D eigenvalue weighted by atomic mass is 9.91. The zero-order valence-corrected chi connectivity index (χ0v) is 9.27. The third-order valence-electron chi connectivity index (χ3n) is 3.07. The molecule has 1 spiro atoms. The van der Waals surface area contributed by atoms with Gasteiger partial charge in [0.05, 0.1) is 26.2 Å². The van der Waals surface area contributed by atoms with Gasteiger partial charge in [-0.15, -0.1) is 6.42 Å². The van der Waals surface area contributed by atoms with E-state index in [2.05, 4.69) is 10.7 Å². The molecule has 0 aromatic carbocycles. The molecule has 2 heterocycles. The molecule has 16 heavy (non-hydrogen) atoms. The summed E-state index contributed by atoms with van der Waals surface area (Å²) in [6.07, 6.45) is 5.71. The van der Waals surface area contributed by atoms with Crippen LogP contribution >= 0.6 is 0 Å². The first-order valence-corrected chi connectivity index (χ1v) is 5.29. The zero-order valence-electron chi connectivity index (χ0n) is 9.27. The van der Waals surface area contributed by atoms with Crippen molar-refractivity contribution in [2.24, 2.45) is 5.92 Å². The summed E-state index contributed by atoms with van der Waals surface area (Å²) < 4.78 is 15.9. The van der Waals surface area contributed by atoms with Crippen molar-refractivity contribution in [2.75, 3.05) is 33.4 Å². The van der Waals surface area contributed by atoms with Crippen molar-refractivity contribution >= 4 is 6.09 Å². The number of hydrogen-bond acceptors (Lipinski definition) is 4. The SMILES string of the molecule is C#CC1CN(C(=O)OC)CCC12OCCO2. The van der Waals surface area contributed by atoms with Gasteiger partial charge in [0, 0.05) is 19.5 Å². The van der Waals surface area contributed by atoms with Crippen LogP contribution in [0.3, 0.4) is 0 Å². The Hall–Kier alpha value is -1.25. The van der Waals surface area contributed by atoms with Crippen LogP contribution in [0.25, 0.3) is 0 Å². The summed E-state index contributed by atoms with van der Waals surface area (Å²) in [5.41, 5.74) is 0. The van der Waals surface area contributed by atoms with Crippen molar-refractivity contribution < 1.29 is 19.0 Å². The van der Waals surface area contributed by atoms with E-state index in [1.165, 1.54) is 7.11 Å². The Morgan fingerprint density at radius 1 is 1.56 bits per heavy atom. The van der Waals surface area contributed by atoms with Crippen molar-refractivity contribution in [3.05, 3.63) is 0 Å². The number of terminal acetylenes is 1. The summed E-state index contributed by atoms with van der Waals surface area (Å²) in [6, 6.07) is 0. The molecule has 88 valence electrons. The minimum atomic E-state index is -0.681. The standard InChI is InChI=1S/C11H15NO4/c1-3-9-8-12(10(13)14-2)5-4-11(9)15-6-7-16-11/h1,9H,4-8H2,2H3. The summed E-state index contributed by atoms with van der Waals surface area (Å²) in [4.78, 5) is 13.0. The highest BCUT2D eigenvalue weighted by molar-refractivity contribution is 5.67. The number of rotatable bonds is 0. The lowest BCUT2D eigenvalue weighted by Gasteiger charge is -2.41. The lowest BCUT2D eigenvalue weighted by molar-refractivity contribution is -0.204. The molecule has 5 nitrogen and oxygen atoms in total. The molecule has 2 rings (SSSR count). The maximum atomic E-state index is 11.4. The number of amides is 1. The van der Waals surface area contributed by atoms with Crippen LogP contribution in [-0.2, 0) is 14.2 Å². The zero-order chi connectivity index (χ0) is 11.6. The van der Waals surface area contributed by atoms with Crippen molar-refractivity contribution in [1.29, 1.82) is 0 Å². The second-order valence-electron chi connectivity index (χ2n) is 3.89. The molecule has 1 unspecified atom stereocenters. The highest BCUT2D eigenvalue weighted by atomic mass is 16.7. The molecule has 2 aliphatic heterocycles. The topological polar surface area (TPSA) is 48.0 Å². The summed E-state index contributed by atoms with van der Waals surface area (Å²) >= 11 is 0. The monoisotopic (exact) mass is 225 g/mol. The predicted molar refractivity (Wildman–Crippen MR) is 55.6 cm³/mol. The summed E-state index contributed by atoms with van der Waals surface area (Å²) in [6.45, 7) is 2.10. The van der Waals surface area contributed by atoms with Crippen molar-refractivity contribution in [3.8, 4) is 12.3 Å². The fourth-order valence-corrected chi connectivity index (χ4v) is 2.21. The molecule has 0 aromatic rings. The Morgan fingerprint density at radius 2 is 2.25 bits per heavy atom. The first kappa shape index (κ1) is 11.2. The van der Waals surface area contributed by atoms with E-state index in [9.17, 15) is 4.79 Å². The molecule has 2 fully saturated rings. The second-order valence-corrected chi connectivity index (χ2v) is 3.89. The second kappa shape index (κ2) is 4.32. The van der Waals surface area contributed by atoms with Crippen molar-refractivity contribution in [3.63, 3.8) is 0 Å². The van der Waals surface area contributed by atoms with E-state index in [4.69, 9.17) is 15.9 Å². The van der Waals surface area contributed by atoms with Crippen LogP contribution in [0, 0.1) is 18.3 Å². The Kier molecular flexibility index (Phi) is 3.03. The van der Waals surface area contributed by atoms with E-state index in [0.717, 1.165) is 0 Å². The summed E-state index contributed by atoms with van der Waals surface area (Å²) in [5.74, 6) is 1.73. The largest absolute Gasteiger partial charge is 0.453 e. The van der Waals surface area contributed by atoms with Gasteiger partial charge in [0.2, 0.25) is 0 Å². The Bertz CT molecular complexity index is 316. The first-order valence-electron chi connectivity index (χ1n) is 5.29. The summed E-state index contributed by atoms with van der Waals surface area (Å²) in [7, 11) is 1.36. The quantitative estimate of drug-likeness (QED) is 0.562. The molecule has 0 radical (unpaired) electrons. The van der Waals surface area contributed by atoms with E-state index in [1.54, 1.807) is 4.90 Å². The van der Waals surface area contributed by atoms with E-state index in [1.807, 2.05) is 0 Å². The number of nitrogens with zero attached hydrogens (tertiary/aromatic N) is 1. The fourth-order valence-electron chi connectivity index (χ4n) is 2.21. The molecule has 5 heteroatoms. The van der Waals surface area contributed by atoms with Crippen LogP contribution in [-0.4, -0.2) is 50.2 Å². The van der Waals surface area contributed by atoms with Crippen LogP contribution in [0.4, 0.5) is 4.79 Å². The first-order chi connectivity index (χ1) is 7.72. The Morgan fingerprint density at radius 3 is 2.81 bits per heavy atom. The molecule has 0 N–H and O–H groups in total. The van der Waals surface area contributed by atoms with E-state index in [-0.39, 0.29) is 12.0 Å². The molecule has 2 saturated heterocycles. The highest BCUT2D eigenvalue weighted by Crippen LogP contribution is 2.35. The molecule has 1 amide bonds. The van der Waals surface area contributed by atoms with Gasteiger partial charge >= 0.3 is 6.09 Å². The van der Waals surface area contributed by atoms with Gasteiger partial charge in [-0.25, -0.2) is 4.79 Å². The average molecular weight is 225 g/mol. The predicted octanol–water partition coefficient (Wildman–Crippen LogP) is 0.451. The maximum Gasteiger partial charge on any atom is 0.409 e. The maximum absolute atomic E-state index is 11.4. The normalized spacial score (nSPS) is 27.8. The fraction of sp³-hybridized carbons (Fsp3) is 0.727. The number of methoxy groups -OCH3 is 1. The van der Waals surface area contributed by atoms with Gasteiger partial charge in [-0.3, -0.25) is 0 Å². The number of hydrogen-bond donors (Lipinski definition) is 0. The average Bonchev–Trinajstić information content (AvgIpc) is 2.78. The van der Waals surface area contributed by atoms with Gasteiger partial charge in [0.1, 0.15) is 0 Å². The summed E-state index contributed by atoms with van der Waals surface area (Å²) in [5, 5.41) is 0. The minimum absolute atomic E-state index is 0.233. The van der Waals surface area contributed by atoms with Gasteiger partial charge in [-0.05, 0) is 0 Å². The molecular formula is C11H15NO4. The number of piperidine rings is 1. The molecule has 2 aliphatic rings. The smallest absolute Gasteiger partial charge is 0.409 e. The van der Waals surface area contributed by atoms with Crippen LogP contribution in [0.2, 0.25) is 0 Å². The van der Waals surface area contributed by atoms with Crippen molar-refractivity contribution in [1.82, 2.24) is 4.90 Å². The molecule has 0 aromatic heterocycles. The molecule has 0 saturated carbocycles. The molecular weight excluding hydrogens is 210 g/mol. The van der Waals surface area contributed by atoms with Crippen LogP contribution in [0.5, 0.6) is 0 Å². The number of ether oxygens (including phenoxy) is 3. The third-order valence-corrected chi connectivity index (χ3v) is 3.07. The molecule has 0 aliphatic carbocycles. The van der Waals surface area contributed by atoms with E-state index < -0.39 is 5.79 Å². The lowest BCUT2D eigenvalue weighted by Crippen LogP contribution is -2.53. The minimum Gasteiger partial charge on any atom is -0.453 e. The van der Waals surface area contributed by atoms with E-state index >= 15 is 0 Å². The van der Waals surface area contributed by atoms with Gasteiger partial charge in [0.25, 0.3) is 0 Å². The molecule has 1 atom stereocenters. The number of carbonyl (C=O) groups excluding carboxylic acids is 1. The van der Waals surface area contributed by atoms with Crippen LogP contribution in [0.1, 0.15) is 6.42 Å². The van der Waals surface area contributed by atoms with Crippen LogP contribution in [0.15, 0.2) is 0 Å². The van der Waals surface area contributed by atoms with Crippen molar-refractivity contribution in [2.45, 2.75) is 12.2 Å². The van der Waals surface area contributed by atoms with Gasteiger partial charge in [-0.2, -0.15) is 0 Å². The van der Waals surface area contributed by atoms with Gasteiger partial charge < -0.3 is 19.1 Å². The number of likely N-dealkylation sites (tertiary alicyclic amines) is 1. The van der Waals surface area contributed by atoms with E-state index in [0.29, 0.717) is 32.7 Å². The molecule has 0 bridgehead atoms. The highest BCUT2D eigenvalue weighted by Gasteiger charge is 2.48. The van der Waals surface area contributed by atoms with Gasteiger partial charge in [0.15, 0.2) is 5.79 Å². The Labute approximate surface area is 94.6 Å². The van der Waals surface area contributed by atoms with Gasteiger partial charge in [-0.1, -0.05) is 5.92 Å².